The van der Waals surface area contributed by atoms with Crippen molar-refractivity contribution in [3.8, 4) is 0 Å². The zero-order chi connectivity index (χ0) is 17.0. The Hall–Kier alpha value is -2.62. The fourth-order valence-corrected chi connectivity index (χ4v) is 2.28. The van der Waals surface area contributed by atoms with E-state index in [0.29, 0.717) is 5.56 Å². The van der Waals surface area contributed by atoms with E-state index in [-0.39, 0.29) is 11.8 Å². The predicted molar refractivity (Wildman–Crippen MR) is 92.8 cm³/mol. The van der Waals surface area contributed by atoms with Gasteiger partial charge >= 0.3 is 6.03 Å². The number of Topliss-reactive ketones (excluding diaryl/α,β-unsaturated/α-hetero) is 1. The van der Waals surface area contributed by atoms with Crippen LogP contribution in [-0.2, 0) is 5.54 Å². The van der Waals surface area contributed by atoms with Crippen molar-refractivity contribution in [1.82, 2.24) is 5.32 Å². The molecule has 23 heavy (non-hydrogen) atoms. The van der Waals surface area contributed by atoms with Crippen LogP contribution in [0, 0.1) is 6.92 Å². The van der Waals surface area contributed by atoms with Gasteiger partial charge in [0.2, 0.25) is 0 Å². The third-order valence-electron chi connectivity index (χ3n) is 3.73. The number of aryl methyl sites for hydroxylation is 1. The second kappa shape index (κ2) is 6.65. The van der Waals surface area contributed by atoms with Crippen molar-refractivity contribution in [3.63, 3.8) is 0 Å². The molecule has 0 radical (unpaired) electrons. The van der Waals surface area contributed by atoms with Gasteiger partial charge in [0.1, 0.15) is 0 Å². The Balaban J connectivity index is 2.10. The summed E-state index contributed by atoms with van der Waals surface area (Å²) in [4.78, 5) is 23.7. The average Bonchev–Trinajstić information content (AvgIpc) is 2.49. The molecule has 0 aliphatic heterocycles. The molecule has 0 bridgehead atoms. The number of hydrogen-bond acceptors (Lipinski definition) is 2. The number of rotatable bonds is 4. The van der Waals surface area contributed by atoms with E-state index in [1.54, 1.807) is 6.07 Å². The van der Waals surface area contributed by atoms with Crippen LogP contribution in [0.15, 0.2) is 48.5 Å². The van der Waals surface area contributed by atoms with Gasteiger partial charge in [-0.3, -0.25) is 4.79 Å². The molecular formula is C19H22N2O2. The lowest BCUT2D eigenvalue weighted by Crippen LogP contribution is -2.43. The van der Waals surface area contributed by atoms with Crippen LogP contribution in [0.2, 0.25) is 0 Å². The monoisotopic (exact) mass is 310 g/mol. The van der Waals surface area contributed by atoms with E-state index in [1.807, 2.05) is 63.2 Å². The molecule has 2 aromatic rings. The first kappa shape index (κ1) is 16.7. The highest BCUT2D eigenvalue weighted by atomic mass is 16.2. The molecule has 0 unspecified atom stereocenters. The van der Waals surface area contributed by atoms with Gasteiger partial charge in [-0.15, -0.1) is 0 Å². The van der Waals surface area contributed by atoms with E-state index in [2.05, 4.69) is 10.6 Å². The van der Waals surface area contributed by atoms with Crippen LogP contribution < -0.4 is 10.6 Å². The Morgan fingerprint density at radius 3 is 2.26 bits per heavy atom. The van der Waals surface area contributed by atoms with Crippen LogP contribution in [0.1, 0.15) is 42.3 Å². The SMILES string of the molecule is CC(=O)c1cccc(C(C)(C)NC(=O)Nc2ccc(C)cc2)c1. The van der Waals surface area contributed by atoms with Crippen molar-refractivity contribution in [2.45, 2.75) is 33.2 Å². The lowest BCUT2D eigenvalue weighted by Gasteiger charge is -2.27. The largest absolute Gasteiger partial charge is 0.329 e. The Labute approximate surface area is 136 Å². The molecule has 2 amide bonds. The molecule has 0 saturated heterocycles. The summed E-state index contributed by atoms with van der Waals surface area (Å²) in [5.41, 5.74) is 2.79. The summed E-state index contributed by atoms with van der Waals surface area (Å²) >= 11 is 0. The molecule has 0 atom stereocenters. The van der Waals surface area contributed by atoms with Gasteiger partial charge in [0.05, 0.1) is 5.54 Å². The van der Waals surface area contributed by atoms with Gasteiger partial charge in [0.25, 0.3) is 0 Å². The molecule has 0 heterocycles. The molecule has 0 aliphatic rings. The Kier molecular flexibility index (Phi) is 4.84. The molecule has 0 fully saturated rings. The third kappa shape index (κ3) is 4.42. The quantitative estimate of drug-likeness (QED) is 0.829. The number of amides is 2. The molecule has 4 heteroatoms. The number of carbonyl (C=O) groups is 2. The summed E-state index contributed by atoms with van der Waals surface area (Å²) < 4.78 is 0. The number of benzene rings is 2. The van der Waals surface area contributed by atoms with Crippen molar-refractivity contribution in [1.29, 1.82) is 0 Å². The molecule has 0 aliphatic carbocycles. The maximum atomic E-state index is 12.2. The number of ketones is 1. The molecular weight excluding hydrogens is 288 g/mol. The summed E-state index contributed by atoms with van der Waals surface area (Å²) in [6.07, 6.45) is 0. The topological polar surface area (TPSA) is 58.2 Å². The van der Waals surface area contributed by atoms with E-state index in [0.717, 1.165) is 16.8 Å². The van der Waals surface area contributed by atoms with Gasteiger partial charge < -0.3 is 10.6 Å². The van der Waals surface area contributed by atoms with Crippen LogP contribution in [0.4, 0.5) is 10.5 Å². The minimum Gasteiger partial charge on any atom is -0.329 e. The molecule has 0 aromatic heterocycles. The van der Waals surface area contributed by atoms with Gasteiger partial charge in [0.15, 0.2) is 5.78 Å². The molecule has 0 spiro atoms. The molecule has 2 rings (SSSR count). The first-order valence-electron chi connectivity index (χ1n) is 7.55. The first-order valence-corrected chi connectivity index (χ1v) is 7.55. The molecule has 2 aromatic carbocycles. The van der Waals surface area contributed by atoms with Gasteiger partial charge in [0, 0.05) is 11.3 Å². The first-order chi connectivity index (χ1) is 10.8. The van der Waals surface area contributed by atoms with E-state index in [9.17, 15) is 9.59 Å². The number of urea groups is 1. The molecule has 120 valence electrons. The van der Waals surface area contributed by atoms with E-state index < -0.39 is 5.54 Å². The standard InChI is InChI=1S/C19H22N2O2/c1-13-8-10-17(11-9-13)20-18(23)21-19(3,4)16-7-5-6-15(12-16)14(2)22/h5-12H,1-4H3,(H2,20,21,23). The van der Waals surface area contributed by atoms with Crippen LogP contribution in [0.25, 0.3) is 0 Å². The molecule has 2 N–H and O–H groups in total. The number of anilines is 1. The summed E-state index contributed by atoms with van der Waals surface area (Å²) in [5.74, 6) is 0.00626. The van der Waals surface area contributed by atoms with E-state index >= 15 is 0 Å². The zero-order valence-electron chi connectivity index (χ0n) is 13.9. The van der Waals surface area contributed by atoms with Gasteiger partial charge in [-0.05, 0) is 51.5 Å². The fourth-order valence-electron chi connectivity index (χ4n) is 2.28. The predicted octanol–water partition coefficient (Wildman–Crippen LogP) is 4.25. The van der Waals surface area contributed by atoms with Gasteiger partial charge in [-0.25, -0.2) is 4.79 Å². The third-order valence-corrected chi connectivity index (χ3v) is 3.73. The minimum atomic E-state index is -0.597. The van der Waals surface area contributed by atoms with Crippen molar-refractivity contribution in [3.05, 3.63) is 65.2 Å². The highest BCUT2D eigenvalue weighted by Gasteiger charge is 2.23. The van der Waals surface area contributed by atoms with Crippen molar-refractivity contribution in [2.24, 2.45) is 0 Å². The maximum Gasteiger partial charge on any atom is 0.319 e. The number of hydrogen-bond donors (Lipinski definition) is 2. The molecule has 0 saturated carbocycles. The van der Waals surface area contributed by atoms with Gasteiger partial charge in [-0.2, -0.15) is 0 Å². The smallest absolute Gasteiger partial charge is 0.319 e. The Morgan fingerprint density at radius 1 is 1.00 bits per heavy atom. The molecule has 4 nitrogen and oxygen atoms in total. The lowest BCUT2D eigenvalue weighted by molar-refractivity contribution is 0.101. The highest BCUT2D eigenvalue weighted by Crippen LogP contribution is 2.21. The summed E-state index contributed by atoms with van der Waals surface area (Å²) in [7, 11) is 0. The minimum absolute atomic E-state index is 0.00626. The zero-order valence-corrected chi connectivity index (χ0v) is 13.9. The van der Waals surface area contributed by atoms with Crippen molar-refractivity contribution >= 4 is 17.5 Å². The maximum absolute atomic E-state index is 12.2. The van der Waals surface area contributed by atoms with Gasteiger partial charge in [-0.1, -0.05) is 35.9 Å². The normalized spacial score (nSPS) is 11.0. The second-order valence-electron chi connectivity index (χ2n) is 6.21. The van der Waals surface area contributed by atoms with Crippen molar-refractivity contribution in [2.75, 3.05) is 5.32 Å². The highest BCUT2D eigenvalue weighted by molar-refractivity contribution is 5.94. The average molecular weight is 310 g/mol. The van der Waals surface area contributed by atoms with E-state index in [1.165, 1.54) is 6.92 Å². The lowest BCUT2D eigenvalue weighted by atomic mass is 9.92. The van der Waals surface area contributed by atoms with Crippen LogP contribution in [0.5, 0.6) is 0 Å². The second-order valence-corrected chi connectivity index (χ2v) is 6.21. The summed E-state index contributed by atoms with van der Waals surface area (Å²) in [5, 5.41) is 5.76. The fraction of sp³-hybridized carbons (Fsp3) is 0.263. The van der Waals surface area contributed by atoms with Crippen LogP contribution in [0.3, 0.4) is 0 Å². The van der Waals surface area contributed by atoms with Crippen LogP contribution >= 0.6 is 0 Å². The number of carbonyl (C=O) groups excluding carboxylic acids is 2. The van der Waals surface area contributed by atoms with Crippen LogP contribution in [-0.4, -0.2) is 11.8 Å². The summed E-state index contributed by atoms with van der Waals surface area (Å²) in [6.45, 7) is 7.33. The van der Waals surface area contributed by atoms with E-state index in [4.69, 9.17) is 0 Å². The Morgan fingerprint density at radius 2 is 1.65 bits per heavy atom. The summed E-state index contributed by atoms with van der Waals surface area (Å²) in [6, 6.07) is 14.6. The van der Waals surface area contributed by atoms with Crippen molar-refractivity contribution < 1.29 is 9.59 Å². The Bertz CT molecular complexity index is 718. The number of nitrogens with one attached hydrogen (secondary N) is 2.